The first-order chi connectivity index (χ1) is 8.19. The molecule has 4 heteroatoms. The first-order valence-corrected chi connectivity index (χ1v) is 5.84. The maximum Gasteiger partial charge on any atom is 0.150 e. The van der Waals surface area contributed by atoms with Crippen molar-refractivity contribution in [3.8, 4) is 0 Å². The average molecular weight is 236 g/mol. The van der Waals surface area contributed by atoms with Crippen LogP contribution in [0.25, 0.3) is 10.9 Å². The van der Waals surface area contributed by atoms with Crippen LogP contribution in [0.4, 0.5) is 8.78 Å². The molecule has 0 radical (unpaired) electrons. The molecule has 1 heterocycles. The number of halogens is 2. The Morgan fingerprint density at radius 3 is 2.94 bits per heavy atom. The van der Waals surface area contributed by atoms with Gasteiger partial charge in [0.2, 0.25) is 0 Å². The summed E-state index contributed by atoms with van der Waals surface area (Å²) in [6.07, 6.45) is 2.74. The molecule has 0 bridgehead atoms. The minimum atomic E-state index is -0.511. The first kappa shape index (κ1) is 10.7. The van der Waals surface area contributed by atoms with Crippen LogP contribution < -0.4 is 5.32 Å². The molecule has 90 valence electrons. The summed E-state index contributed by atoms with van der Waals surface area (Å²) >= 11 is 0. The van der Waals surface area contributed by atoms with E-state index in [1.165, 1.54) is 6.07 Å². The molecule has 0 unspecified atom stereocenters. The number of hydrogen-bond acceptors (Lipinski definition) is 1. The number of likely N-dealkylation sites (N-methyl/N-ethyl adjacent to an activating group) is 1. The SMILES string of the molecule is CN[C@H]1CCc2[nH]c3c(F)cc(F)cc3c2C1. The lowest BCUT2D eigenvalue weighted by atomic mass is 9.91. The predicted molar refractivity (Wildman–Crippen MR) is 63.1 cm³/mol. The van der Waals surface area contributed by atoms with Gasteiger partial charge >= 0.3 is 0 Å². The van der Waals surface area contributed by atoms with Gasteiger partial charge in [0.05, 0.1) is 5.52 Å². The van der Waals surface area contributed by atoms with Crippen molar-refractivity contribution in [3.05, 3.63) is 35.0 Å². The van der Waals surface area contributed by atoms with Gasteiger partial charge in [-0.2, -0.15) is 0 Å². The van der Waals surface area contributed by atoms with E-state index < -0.39 is 11.6 Å². The van der Waals surface area contributed by atoms with Gasteiger partial charge in [-0.25, -0.2) is 8.78 Å². The molecule has 0 amide bonds. The Balaban J connectivity index is 2.20. The lowest BCUT2D eigenvalue weighted by Gasteiger charge is -2.21. The largest absolute Gasteiger partial charge is 0.356 e. The molecule has 0 saturated heterocycles. The third-order valence-electron chi connectivity index (χ3n) is 3.62. The molecule has 0 aliphatic heterocycles. The molecule has 0 spiro atoms. The highest BCUT2D eigenvalue weighted by atomic mass is 19.1. The van der Waals surface area contributed by atoms with Crippen LogP contribution in [0.3, 0.4) is 0 Å². The van der Waals surface area contributed by atoms with E-state index in [4.69, 9.17) is 0 Å². The fourth-order valence-corrected chi connectivity index (χ4v) is 2.69. The Morgan fingerprint density at radius 1 is 1.35 bits per heavy atom. The second-order valence-corrected chi connectivity index (χ2v) is 4.62. The van der Waals surface area contributed by atoms with Crippen LogP contribution in [0.5, 0.6) is 0 Å². The molecule has 2 aromatic rings. The van der Waals surface area contributed by atoms with E-state index in [1.807, 2.05) is 7.05 Å². The van der Waals surface area contributed by atoms with Crippen LogP contribution in [0.1, 0.15) is 17.7 Å². The summed E-state index contributed by atoms with van der Waals surface area (Å²) in [5, 5.41) is 3.92. The molecule has 2 N–H and O–H groups in total. The molecule has 1 aromatic heterocycles. The summed E-state index contributed by atoms with van der Waals surface area (Å²) in [6, 6.07) is 2.75. The molecular formula is C13H14F2N2. The van der Waals surface area contributed by atoms with Gasteiger partial charge in [0.25, 0.3) is 0 Å². The molecule has 0 fully saturated rings. The zero-order valence-electron chi connectivity index (χ0n) is 9.61. The minimum absolute atomic E-state index is 0.396. The monoisotopic (exact) mass is 236 g/mol. The molecule has 1 atom stereocenters. The summed E-state index contributed by atoms with van der Waals surface area (Å²) in [5.74, 6) is -1.02. The standard InChI is InChI=1S/C13H14F2N2/c1-16-8-2-3-12-9(6-8)10-4-7(14)5-11(15)13(10)17-12/h4-5,8,16-17H,2-3,6H2,1H3/t8-/m0/s1. The van der Waals surface area contributed by atoms with E-state index in [9.17, 15) is 8.78 Å². The number of fused-ring (bicyclic) bond motifs is 3. The third kappa shape index (κ3) is 1.63. The van der Waals surface area contributed by atoms with Crippen LogP contribution in [-0.2, 0) is 12.8 Å². The number of aromatic nitrogens is 1. The zero-order chi connectivity index (χ0) is 12.0. The topological polar surface area (TPSA) is 27.8 Å². The molecule has 2 nitrogen and oxygen atoms in total. The lowest BCUT2D eigenvalue weighted by Crippen LogP contribution is -2.31. The van der Waals surface area contributed by atoms with Crippen LogP contribution in [0.15, 0.2) is 12.1 Å². The Labute approximate surface area is 98.0 Å². The molecule has 3 rings (SSSR count). The van der Waals surface area contributed by atoms with Crippen molar-refractivity contribution < 1.29 is 8.78 Å². The number of benzene rings is 1. The van der Waals surface area contributed by atoms with Crippen molar-refractivity contribution in [2.45, 2.75) is 25.3 Å². The summed E-state index contributed by atoms with van der Waals surface area (Å²) in [7, 11) is 1.92. The van der Waals surface area contributed by atoms with Gasteiger partial charge < -0.3 is 10.3 Å². The number of aryl methyl sites for hydroxylation is 1. The van der Waals surface area contributed by atoms with Crippen LogP contribution in [0, 0.1) is 11.6 Å². The van der Waals surface area contributed by atoms with Gasteiger partial charge in [-0.1, -0.05) is 0 Å². The van der Waals surface area contributed by atoms with Crippen LogP contribution in [-0.4, -0.2) is 18.1 Å². The van der Waals surface area contributed by atoms with E-state index in [0.29, 0.717) is 16.9 Å². The second kappa shape index (κ2) is 3.81. The number of aromatic amines is 1. The highest BCUT2D eigenvalue weighted by Gasteiger charge is 2.22. The first-order valence-electron chi connectivity index (χ1n) is 5.84. The highest BCUT2D eigenvalue weighted by Crippen LogP contribution is 2.31. The Bertz CT molecular complexity index is 574. The van der Waals surface area contributed by atoms with Gasteiger partial charge in [-0.15, -0.1) is 0 Å². The normalized spacial score (nSPS) is 19.6. The molecule has 1 aliphatic rings. The van der Waals surface area contributed by atoms with Gasteiger partial charge in [-0.05, 0) is 37.9 Å². The quantitative estimate of drug-likeness (QED) is 0.782. The average Bonchev–Trinajstić information content (AvgIpc) is 2.67. The summed E-state index contributed by atoms with van der Waals surface area (Å²) < 4.78 is 26.9. The molecule has 1 aromatic carbocycles. The van der Waals surface area contributed by atoms with E-state index in [1.54, 1.807) is 0 Å². The number of H-pyrrole nitrogens is 1. The van der Waals surface area contributed by atoms with Crippen molar-refractivity contribution in [3.63, 3.8) is 0 Å². The minimum Gasteiger partial charge on any atom is -0.356 e. The fourth-order valence-electron chi connectivity index (χ4n) is 2.69. The van der Waals surface area contributed by atoms with Gasteiger partial charge in [0.15, 0.2) is 0 Å². The third-order valence-corrected chi connectivity index (χ3v) is 3.62. The lowest BCUT2D eigenvalue weighted by molar-refractivity contribution is 0.495. The molecule has 0 saturated carbocycles. The van der Waals surface area contributed by atoms with Crippen molar-refractivity contribution in [2.75, 3.05) is 7.05 Å². The van der Waals surface area contributed by atoms with E-state index in [0.717, 1.165) is 36.6 Å². The van der Waals surface area contributed by atoms with Gasteiger partial charge in [0.1, 0.15) is 11.6 Å². The van der Waals surface area contributed by atoms with Crippen LogP contribution >= 0.6 is 0 Å². The maximum atomic E-state index is 13.6. The maximum absolute atomic E-state index is 13.6. The van der Waals surface area contributed by atoms with E-state index >= 15 is 0 Å². The van der Waals surface area contributed by atoms with Crippen molar-refractivity contribution in [1.29, 1.82) is 0 Å². The van der Waals surface area contributed by atoms with Crippen LogP contribution in [0.2, 0.25) is 0 Å². The second-order valence-electron chi connectivity index (χ2n) is 4.62. The zero-order valence-corrected chi connectivity index (χ0v) is 9.61. The molecular weight excluding hydrogens is 222 g/mol. The van der Waals surface area contributed by atoms with E-state index in [-0.39, 0.29) is 0 Å². The number of rotatable bonds is 1. The fraction of sp³-hybridized carbons (Fsp3) is 0.385. The number of hydrogen-bond donors (Lipinski definition) is 2. The molecule has 17 heavy (non-hydrogen) atoms. The van der Waals surface area contributed by atoms with E-state index in [2.05, 4.69) is 10.3 Å². The number of nitrogens with one attached hydrogen (secondary N) is 2. The van der Waals surface area contributed by atoms with Crippen molar-refractivity contribution in [2.24, 2.45) is 0 Å². The smallest absolute Gasteiger partial charge is 0.150 e. The van der Waals surface area contributed by atoms with Gasteiger partial charge in [-0.3, -0.25) is 0 Å². The van der Waals surface area contributed by atoms with Gasteiger partial charge in [0, 0.05) is 23.2 Å². The Hall–Kier alpha value is -1.42. The summed E-state index contributed by atoms with van der Waals surface area (Å²) in [5.41, 5.74) is 2.55. The summed E-state index contributed by atoms with van der Waals surface area (Å²) in [4.78, 5) is 3.09. The Kier molecular flexibility index (Phi) is 2.40. The summed E-state index contributed by atoms with van der Waals surface area (Å²) in [6.45, 7) is 0. The van der Waals surface area contributed by atoms with Crippen molar-refractivity contribution in [1.82, 2.24) is 10.3 Å². The highest BCUT2D eigenvalue weighted by molar-refractivity contribution is 5.85. The Morgan fingerprint density at radius 2 is 2.18 bits per heavy atom. The van der Waals surface area contributed by atoms with Crippen molar-refractivity contribution >= 4 is 10.9 Å². The predicted octanol–water partition coefficient (Wildman–Crippen LogP) is 2.52. The molecule has 1 aliphatic carbocycles.